The van der Waals surface area contributed by atoms with E-state index >= 15 is 0 Å². The lowest BCUT2D eigenvalue weighted by Gasteiger charge is -2.24. The molecule has 0 radical (unpaired) electrons. The highest BCUT2D eigenvalue weighted by Gasteiger charge is 2.59. The number of carbonyl (C=O) groups excluding carboxylic acids is 1. The van der Waals surface area contributed by atoms with Gasteiger partial charge in [-0.2, -0.15) is 0 Å². The molecule has 5 atom stereocenters. The topological polar surface area (TPSA) is 40.5 Å². The number of hydrogen-bond donors (Lipinski definition) is 1. The molecular formula is C10H15NO2. The molecule has 1 aliphatic heterocycles. The van der Waals surface area contributed by atoms with E-state index in [0.717, 1.165) is 0 Å². The largest absolute Gasteiger partial charge is 0.373 e. The summed E-state index contributed by atoms with van der Waals surface area (Å²) in [5.41, 5.74) is 0. The number of hydrogen-bond acceptors (Lipinski definition) is 2. The number of rotatable bonds is 0. The van der Waals surface area contributed by atoms with Gasteiger partial charge in [-0.15, -0.1) is 0 Å². The Morgan fingerprint density at radius 3 is 2.77 bits per heavy atom. The Kier molecular flexibility index (Phi) is 1.36. The van der Waals surface area contributed by atoms with E-state index in [0.29, 0.717) is 11.8 Å². The Balaban J connectivity index is 1.98. The summed E-state index contributed by atoms with van der Waals surface area (Å²) < 4.78 is 0. The number of carbonyl (C=O) groups is 1. The van der Waals surface area contributed by atoms with E-state index in [1.807, 2.05) is 0 Å². The monoisotopic (exact) mass is 181 g/mol. The Hall–Kier alpha value is -0.570. The Morgan fingerprint density at radius 2 is 2.08 bits per heavy atom. The van der Waals surface area contributed by atoms with Gasteiger partial charge in [-0.05, 0) is 31.1 Å². The average Bonchev–Trinajstić information content (AvgIpc) is 2.76. The molecule has 1 N–H and O–H groups in total. The molecule has 0 aromatic rings. The van der Waals surface area contributed by atoms with Gasteiger partial charge in [-0.25, -0.2) is 0 Å². The number of aliphatic hydroxyl groups excluding tert-OH is 1. The minimum atomic E-state index is -0.493. The van der Waals surface area contributed by atoms with Gasteiger partial charge in [-0.3, -0.25) is 4.79 Å². The Morgan fingerprint density at radius 1 is 1.38 bits per heavy atom. The first-order valence-electron chi connectivity index (χ1n) is 5.15. The standard InChI is InChI=1S/C10H15NO2/c1-11-9(12)7-5-2-3-6(4-5)8(7)10(11)13/h5-9,12H,2-4H2,1H3. The zero-order valence-electron chi connectivity index (χ0n) is 7.81. The number of aliphatic hydroxyl groups is 1. The van der Waals surface area contributed by atoms with E-state index in [1.54, 1.807) is 11.9 Å². The molecule has 72 valence electrons. The quantitative estimate of drug-likeness (QED) is 0.589. The van der Waals surface area contributed by atoms with E-state index in [4.69, 9.17) is 0 Å². The summed E-state index contributed by atoms with van der Waals surface area (Å²) in [5, 5.41) is 9.87. The highest BCUT2D eigenvalue weighted by Crippen LogP contribution is 2.56. The number of fused-ring (bicyclic) bond motifs is 5. The summed E-state index contributed by atoms with van der Waals surface area (Å²) >= 11 is 0. The normalized spacial score (nSPS) is 53.2. The van der Waals surface area contributed by atoms with Crippen LogP contribution < -0.4 is 0 Å². The molecule has 2 saturated carbocycles. The lowest BCUT2D eigenvalue weighted by Crippen LogP contribution is -2.33. The van der Waals surface area contributed by atoms with Crippen LogP contribution in [0.4, 0.5) is 0 Å². The molecule has 3 heteroatoms. The lowest BCUT2D eigenvalue weighted by atomic mass is 9.81. The van der Waals surface area contributed by atoms with Crippen LogP contribution in [0.25, 0.3) is 0 Å². The maximum Gasteiger partial charge on any atom is 0.228 e. The highest BCUT2D eigenvalue weighted by molar-refractivity contribution is 5.82. The summed E-state index contributed by atoms with van der Waals surface area (Å²) in [6.07, 6.45) is 3.13. The fraction of sp³-hybridized carbons (Fsp3) is 0.900. The molecule has 2 aliphatic carbocycles. The van der Waals surface area contributed by atoms with Crippen LogP contribution in [-0.4, -0.2) is 29.2 Å². The van der Waals surface area contributed by atoms with Crippen LogP contribution in [-0.2, 0) is 4.79 Å². The van der Waals surface area contributed by atoms with Gasteiger partial charge in [0.1, 0.15) is 6.23 Å². The highest BCUT2D eigenvalue weighted by atomic mass is 16.3. The van der Waals surface area contributed by atoms with E-state index in [1.165, 1.54) is 19.3 Å². The minimum absolute atomic E-state index is 0.166. The third-order valence-electron chi connectivity index (χ3n) is 4.35. The van der Waals surface area contributed by atoms with Crippen LogP contribution >= 0.6 is 0 Å². The van der Waals surface area contributed by atoms with Crippen molar-refractivity contribution in [3.8, 4) is 0 Å². The number of amides is 1. The molecule has 3 aliphatic rings. The van der Waals surface area contributed by atoms with Gasteiger partial charge >= 0.3 is 0 Å². The third-order valence-corrected chi connectivity index (χ3v) is 4.35. The van der Waals surface area contributed by atoms with E-state index in [-0.39, 0.29) is 17.7 Å². The Labute approximate surface area is 77.7 Å². The average molecular weight is 181 g/mol. The predicted molar refractivity (Wildman–Crippen MR) is 46.6 cm³/mol. The van der Waals surface area contributed by atoms with Crippen LogP contribution in [0.15, 0.2) is 0 Å². The second-order valence-electron chi connectivity index (χ2n) is 4.80. The van der Waals surface area contributed by atoms with Crippen molar-refractivity contribution in [1.82, 2.24) is 4.90 Å². The minimum Gasteiger partial charge on any atom is -0.373 e. The van der Waals surface area contributed by atoms with Crippen molar-refractivity contribution in [2.45, 2.75) is 25.5 Å². The zero-order valence-corrected chi connectivity index (χ0v) is 7.81. The summed E-state index contributed by atoms with van der Waals surface area (Å²) in [4.78, 5) is 13.3. The predicted octanol–water partition coefficient (Wildman–Crippen LogP) is 0.439. The first kappa shape index (κ1) is 7.80. The summed E-state index contributed by atoms with van der Waals surface area (Å²) in [6.45, 7) is 0. The van der Waals surface area contributed by atoms with Gasteiger partial charge in [0.2, 0.25) is 5.91 Å². The van der Waals surface area contributed by atoms with E-state index < -0.39 is 6.23 Å². The van der Waals surface area contributed by atoms with Gasteiger partial charge in [0, 0.05) is 18.9 Å². The molecule has 3 rings (SSSR count). The lowest BCUT2D eigenvalue weighted by molar-refractivity contribution is -0.134. The Bertz CT molecular complexity index is 266. The fourth-order valence-corrected chi connectivity index (χ4v) is 3.75. The van der Waals surface area contributed by atoms with E-state index in [2.05, 4.69) is 0 Å². The van der Waals surface area contributed by atoms with Crippen LogP contribution in [0.2, 0.25) is 0 Å². The molecule has 0 aromatic carbocycles. The first-order valence-corrected chi connectivity index (χ1v) is 5.15. The smallest absolute Gasteiger partial charge is 0.228 e. The molecule has 5 unspecified atom stereocenters. The SMILES string of the molecule is CN1C(=O)C2C3CCC(C3)C2C1O. The molecule has 3 nitrogen and oxygen atoms in total. The van der Waals surface area contributed by atoms with Crippen molar-refractivity contribution in [2.75, 3.05) is 7.05 Å². The second-order valence-corrected chi connectivity index (χ2v) is 4.80. The van der Waals surface area contributed by atoms with Crippen molar-refractivity contribution in [3.05, 3.63) is 0 Å². The van der Waals surface area contributed by atoms with Crippen molar-refractivity contribution < 1.29 is 9.90 Å². The molecule has 13 heavy (non-hydrogen) atoms. The second kappa shape index (κ2) is 2.27. The molecule has 0 spiro atoms. The van der Waals surface area contributed by atoms with Crippen molar-refractivity contribution in [3.63, 3.8) is 0 Å². The molecule has 2 bridgehead atoms. The molecule has 1 saturated heterocycles. The van der Waals surface area contributed by atoms with Gasteiger partial charge < -0.3 is 10.0 Å². The maximum absolute atomic E-state index is 11.8. The number of nitrogens with zero attached hydrogens (tertiary/aromatic N) is 1. The van der Waals surface area contributed by atoms with Crippen molar-refractivity contribution in [1.29, 1.82) is 0 Å². The molecule has 3 fully saturated rings. The summed E-state index contributed by atoms with van der Waals surface area (Å²) in [5.74, 6) is 1.82. The van der Waals surface area contributed by atoms with Crippen LogP contribution in [0, 0.1) is 23.7 Å². The van der Waals surface area contributed by atoms with Gasteiger partial charge in [-0.1, -0.05) is 0 Å². The summed E-state index contributed by atoms with van der Waals surface area (Å²) in [6, 6.07) is 0. The first-order chi connectivity index (χ1) is 6.20. The summed E-state index contributed by atoms with van der Waals surface area (Å²) in [7, 11) is 1.73. The van der Waals surface area contributed by atoms with Gasteiger partial charge in [0.05, 0.1) is 0 Å². The third kappa shape index (κ3) is 0.766. The number of likely N-dealkylation sites (tertiary alicyclic amines) is 1. The maximum atomic E-state index is 11.8. The fourth-order valence-electron chi connectivity index (χ4n) is 3.75. The zero-order chi connectivity index (χ0) is 9.16. The molecule has 1 amide bonds. The molecule has 0 aromatic heterocycles. The van der Waals surface area contributed by atoms with Crippen LogP contribution in [0.3, 0.4) is 0 Å². The van der Waals surface area contributed by atoms with Crippen LogP contribution in [0.1, 0.15) is 19.3 Å². The van der Waals surface area contributed by atoms with Crippen molar-refractivity contribution in [2.24, 2.45) is 23.7 Å². The van der Waals surface area contributed by atoms with Crippen molar-refractivity contribution >= 4 is 5.91 Å². The molecule has 1 heterocycles. The van der Waals surface area contributed by atoms with E-state index in [9.17, 15) is 9.90 Å². The van der Waals surface area contributed by atoms with Crippen LogP contribution in [0.5, 0.6) is 0 Å². The molecular weight excluding hydrogens is 166 g/mol. The van der Waals surface area contributed by atoms with Gasteiger partial charge in [0.15, 0.2) is 0 Å². The van der Waals surface area contributed by atoms with Gasteiger partial charge in [0.25, 0.3) is 0 Å².